The van der Waals surface area contributed by atoms with Crippen LogP contribution in [0.15, 0.2) is 24.4 Å². The predicted molar refractivity (Wildman–Crippen MR) is 85.4 cm³/mol. The van der Waals surface area contributed by atoms with Crippen LogP contribution in [-0.4, -0.2) is 53.2 Å². The molecule has 0 radical (unpaired) electrons. The highest BCUT2D eigenvalue weighted by molar-refractivity contribution is 5.92. The van der Waals surface area contributed by atoms with E-state index in [0.29, 0.717) is 12.1 Å². The largest absolute Gasteiger partial charge is 0.348 e. The number of pyridine rings is 1. The lowest BCUT2D eigenvalue weighted by molar-refractivity contribution is -0.127. The Labute approximate surface area is 135 Å². The molecule has 2 fully saturated rings. The van der Waals surface area contributed by atoms with Gasteiger partial charge in [-0.25, -0.2) is 0 Å². The molecule has 0 bridgehead atoms. The number of aromatic nitrogens is 1. The van der Waals surface area contributed by atoms with Gasteiger partial charge in [0.05, 0.1) is 0 Å². The number of likely N-dealkylation sites (tertiary alicyclic amines) is 1. The summed E-state index contributed by atoms with van der Waals surface area (Å²) in [6.07, 6.45) is 3.77. The smallest absolute Gasteiger partial charge is 0.270 e. The first kappa shape index (κ1) is 15.9. The van der Waals surface area contributed by atoms with Crippen molar-refractivity contribution >= 4 is 11.8 Å². The summed E-state index contributed by atoms with van der Waals surface area (Å²) >= 11 is 0. The van der Waals surface area contributed by atoms with Gasteiger partial charge in [-0.2, -0.15) is 0 Å². The molecule has 2 aliphatic heterocycles. The highest BCUT2D eigenvalue weighted by Gasteiger charge is 2.30. The van der Waals surface area contributed by atoms with Gasteiger partial charge in [-0.05, 0) is 31.9 Å². The van der Waals surface area contributed by atoms with Crippen molar-refractivity contribution in [3.05, 3.63) is 30.1 Å². The zero-order valence-corrected chi connectivity index (χ0v) is 13.3. The van der Waals surface area contributed by atoms with E-state index < -0.39 is 0 Å². The first-order valence-electron chi connectivity index (χ1n) is 8.13. The molecule has 7 nitrogen and oxygen atoms in total. The number of nitrogens with one attached hydrogen (secondary N) is 3. The molecule has 1 aromatic heterocycles. The molecule has 3 heterocycles. The van der Waals surface area contributed by atoms with Crippen molar-refractivity contribution in [2.24, 2.45) is 0 Å². The highest BCUT2D eigenvalue weighted by atomic mass is 16.2. The summed E-state index contributed by atoms with van der Waals surface area (Å²) in [6.45, 7) is 3.68. The standard InChI is InChI=1S/C16H23N5O2/c1-11-10-14(22)20-16(18-11)21-8-5-12(6-9-21)19-15(23)13-4-2-3-7-17-13/h2-4,7,11-12,16,18H,5-6,8-10H2,1H3,(H,19,23)(H,20,22). The minimum absolute atomic E-state index is 0.0897. The lowest BCUT2D eigenvalue weighted by atomic mass is 10.0. The van der Waals surface area contributed by atoms with Crippen molar-refractivity contribution in [1.82, 2.24) is 25.8 Å². The van der Waals surface area contributed by atoms with E-state index in [1.165, 1.54) is 0 Å². The van der Waals surface area contributed by atoms with Crippen molar-refractivity contribution < 1.29 is 9.59 Å². The van der Waals surface area contributed by atoms with Gasteiger partial charge >= 0.3 is 0 Å². The number of piperidine rings is 1. The van der Waals surface area contributed by atoms with E-state index in [1.807, 2.05) is 13.0 Å². The van der Waals surface area contributed by atoms with Crippen molar-refractivity contribution in [3.63, 3.8) is 0 Å². The van der Waals surface area contributed by atoms with Gasteiger partial charge in [0, 0.05) is 37.8 Å². The maximum absolute atomic E-state index is 12.1. The minimum atomic E-state index is -0.123. The molecule has 2 atom stereocenters. The normalized spacial score (nSPS) is 26.6. The molecule has 0 aliphatic carbocycles. The number of nitrogens with zero attached hydrogens (tertiary/aromatic N) is 2. The fourth-order valence-corrected chi connectivity index (χ4v) is 3.11. The van der Waals surface area contributed by atoms with Gasteiger partial charge in [-0.3, -0.25) is 24.8 Å². The van der Waals surface area contributed by atoms with Crippen LogP contribution in [-0.2, 0) is 4.79 Å². The molecular formula is C16H23N5O2. The molecule has 23 heavy (non-hydrogen) atoms. The Balaban J connectivity index is 1.49. The molecule has 0 spiro atoms. The Bertz CT molecular complexity index is 557. The van der Waals surface area contributed by atoms with Crippen molar-refractivity contribution in [2.75, 3.05) is 13.1 Å². The zero-order chi connectivity index (χ0) is 16.2. The van der Waals surface area contributed by atoms with Gasteiger partial charge in [0.15, 0.2) is 0 Å². The van der Waals surface area contributed by atoms with E-state index in [2.05, 4.69) is 25.8 Å². The van der Waals surface area contributed by atoms with E-state index in [4.69, 9.17) is 0 Å². The molecule has 7 heteroatoms. The maximum Gasteiger partial charge on any atom is 0.270 e. The molecule has 3 rings (SSSR count). The fourth-order valence-electron chi connectivity index (χ4n) is 3.11. The Morgan fingerprint density at radius 1 is 1.35 bits per heavy atom. The lowest BCUT2D eigenvalue weighted by Gasteiger charge is -2.41. The highest BCUT2D eigenvalue weighted by Crippen LogP contribution is 2.14. The molecule has 0 saturated carbocycles. The number of carbonyl (C=O) groups excluding carboxylic acids is 2. The van der Waals surface area contributed by atoms with Crippen LogP contribution < -0.4 is 16.0 Å². The average Bonchev–Trinajstić information content (AvgIpc) is 2.55. The topological polar surface area (TPSA) is 86.4 Å². The van der Waals surface area contributed by atoms with E-state index in [-0.39, 0.29) is 30.2 Å². The van der Waals surface area contributed by atoms with Gasteiger partial charge in [-0.15, -0.1) is 0 Å². The third kappa shape index (κ3) is 4.05. The van der Waals surface area contributed by atoms with Crippen LogP contribution in [0, 0.1) is 0 Å². The van der Waals surface area contributed by atoms with Gasteiger partial charge in [0.2, 0.25) is 5.91 Å². The summed E-state index contributed by atoms with van der Waals surface area (Å²) in [7, 11) is 0. The monoisotopic (exact) mass is 317 g/mol. The first-order chi connectivity index (χ1) is 11.1. The molecule has 0 aromatic carbocycles. The summed E-state index contributed by atoms with van der Waals surface area (Å²) in [4.78, 5) is 30.1. The maximum atomic E-state index is 12.1. The Hall–Kier alpha value is -1.99. The van der Waals surface area contributed by atoms with Crippen LogP contribution in [0.5, 0.6) is 0 Å². The summed E-state index contributed by atoms with van der Waals surface area (Å²) in [5.41, 5.74) is 0.449. The number of hydrogen-bond donors (Lipinski definition) is 3. The van der Waals surface area contributed by atoms with E-state index in [0.717, 1.165) is 25.9 Å². The van der Waals surface area contributed by atoms with E-state index in [1.54, 1.807) is 18.3 Å². The SMILES string of the molecule is CC1CC(=O)NC(N2CCC(NC(=O)c3ccccn3)CC2)N1. The first-order valence-corrected chi connectivity index (χ1v) is 8.13. The van der Waals surface area contributed by atoms with Crippen molar-refractivity contribution in [2.45, 2.75) is 44.6 Å². The number of amides is 2. The third-order valence-corrected chi connectivity index (χ3v) is 4.36. The Morgan fingerprint density at radius 2 is 2.13 bits per heavy atom. The second-order valence-corrected chi connectivity index (χ2v) is 6.24. The minimum Gasteiger partial charge on any atom is -0.348 e. The third-order valence-electron chi connectivity index (χ3n) is 4.36. The van der Waals surface area contributed by atoms with Crippen LogP contribution in [0.3, 0.4) is 0 Å². The average molecular weight is 317 g/mol. The van der Waals surface area contributed by atoms with E-state index in [9.17, 15) is 9.59 Å². The molecule has 1 aromatic rings. The molecule has 2 amide bonds. The van der Waals surface area contributed by atoms with Crippen LogP contribution >= 0.6 is 0 Å². The predicted octanol–water partition coefficient (Wildman–Crippen LogP) is 0.0574. The van der Waals surface area contributed by atoms with Crippen molar-refractivity contribution in [3.8, 4) is 0 Å². The summed E-state index contributed by atoms with van der Waals surface area (Å²) < 4.78 is 0. The van der Waals surface area contributed by atoms with Gasteiger partial charge in [0.25, 0.3) is 5.91 Å². The quantitative estimate of drug-likeness (QED) is 0.734. The van der Waals surface area contributed by atoms with Crippen LogP contribution in [0.4, 0.5) is 0 Å². The Kier molecular flexibility index (Phi) is 4.88. The van der Waals surface area contributed by atoms with Crippen LogP contribution in [0.25, 0.3) is 0 Å². The number of hydrogen-bond acceptors (Lipinski definition) is 5. The molecule has 2 saturated heterocycles. The zero-order valence-electron chi connectivity index (χ0n) is 13.3. The van der Waals surface area contributed by atoms with E-state index >= 15 is 0 Å². The second kappa shape index (κ2) is 7.06. The molecule has 2 unspecified atom stereocenters. The summed E-state index contributed by atoms with van der Waals surface area (Å²) in [6, 6.07) is 5.66. The lowest BCUT2D eigenvalue weighted by Crippen LogP contribution is -2.65. The summed E-state index contributed by atoms with van der Waals surface area (Å²) in [5.74, 6) is -0.0337. The molecule has 3 N–H and O–H groups in total. The second-order valence-electron chi connectivity index (χ2n) is 6.24. The van der Waals surface area contributed by atoms with Gasteiger partial charge < -0.3 is 10.6 Å². The molecule has 2 aliphatic rings. The van der Waals surface area contributed by atoms with Crippen LogP contribution in [0.1, 0.15) is 36.7 Å². The van der Waals surface area contributed by atoms with Crippen molar-refractivity contribution in [1.29, 1.82) is 0 Å². The molecule has 124 valence electrons. The number of carbonyl (C=O) groups is 2. The van der Waals surface area contributed by atoms with Crippen LogP contribution in [0.2, 0.25) is 0 Å². The fraction of sp³-hybridized carbons (Fsp3) is 0.562. The summed E-state index contributed by atoms with van der Waals surface area (Å²) in [5, 5.41) is 9.41. The molecular weight excluding hydrogens is 294 g/mol. The Morgan fingerprint density at radius 3 is 2.78 bits per heavy atom. The van der Waals surface area contributed by atoms with Gasteiger partial charge in [-0.1, -0.05) is 6.07 Å². The number of rotatable bonds is 3. The van der Waals surface area contributed by atoms with Gasteiger partial charge in [0.1, 0.15) is 12.0 Å².